The second-order valence-corrected chi connectivity index (χ2v) is 11.1. The molecule has 3 atom stereocenters. The fourth-order valence-corrected chi connectivity index (χ4v) is 6.55. The molecule has 0 bridgehead atoms. The van der Waals surface area contributed by atoms with Crippen LogP contribution in [0.15, 0.2) is 78.9 Å². The summed E-state index contributed by atoms with van der Waals surface area (Å²) in [5.41, 5.74) is 5.54. The third-order valence-corrected chi connectivity index (χ3v) is 8.51. The lowest BCUT2D eigenvalue weighted by molar-refractivity contribution is -0.157. The molecule has 3 aliphatic rings. The van der Waals surface area contributed by atoms with Crippen LogP contribution in [-0.2, 0) is 25.6 Å². The summed E-state index contributed by atoms with van der Waals surface area (Å²) in [6.45, 7) is 2.98. The number of hydrogen-bond donors (Lipinski definition) is 2. The van der Waals surface area contributed by atoms with Crippen molar-refractivity contribution >= 4 is 18.0 Å². The van der Waals surface area contributed by atoms with Crippen LogP contribution in [0.25, 0.3) is 11.1 Å². The number of carboxylic acid groups (broad SMARTS) is 1. The second kappa shape index (κ2) is 12.3. The molecule has 2 amide bonds. The number of aliphatic carboxylic acids is 1. The molecule has 2 saturated heterocycles. The molecule has 2 fully saturated rings. The molecular formula is C33H35N3O6. The van der Waals surface area contributed by atoms with Crippen LogP contribution in [0, 0.1) is 0 Å². The van der Waals surface area contributed by atoms with Crippen LogP contribution in [-0.4, -0.2) is 83.9 Å². The van der Waals surface area contributed by atoms with Crippen LogP contribution in [0.5, 0.6) is 0 Å². The highest BCUT2D eigenvalue weighted by atomic mass is 16.5. The Hall–Kier alpha value is -4.21. The minimum atomic E-state index is -1.25. The lowest BCUT2D eigenvalue weighted by Gasteiger charge is -2.47. The predicted octanol–water partition coefficient (Wildman–Crippen LogP) is 3.87. The first-order valence-electron chi connectivity index (χ1n) is 14.5. The number of carbonyl (C=O) groups is 3. The summed E-state index contributed by atoms with van der Waals surface area (Å²) in [6.07, 6.45) is -0.707. The SMILES string of the molecule is O=C(O)CC(NC(=O)OCC1c2ccccc2-c2ccccc21)C(=O)N1CCOC2CCN(Cc3ccccc3)CC21. The Morgan fingerprint density at radius 2 is 1.60 bits per heavy atom. The van der Waals surface area contributed by atoms with Gasteiger partial charge in [-0.25, -0.2) is 4.79 Å². The van der Waals surface area contributed by atoms with Crippen molar-refractivity contribution in [1.82, 2.24) is 15.1 Å². The molecule has 0 aromatic heterocycles. The van der Waals surface area contributed by atoms with Gasteiger partial charge in [0.2, 0.25) is 5.91 Å². The zero-order valence-electron chi connectivity index (χ0n) is 23.4. The van der Waals surface area contributed by atoms with Gasteiger partial charge >= 0.3 is 12.1 Å². The fraction of sp³-hybridized carbons (Fsp3) is 0.364. The van der Waals surface area contributed by atoms with Gasteiger partial charge < -0.3 is 24.8 Å². The maximum absolute atomic E-state index is 13.8. The van der Waals surface area contributed by atoms with Crippen LogP contribution >= 0.6 is 0 Å². The van der Waals surface area contributed by atoms with Crippen molar-refractivity contribution in [3.05, 3.63) is 95.6 Å². The number of alkyl carbamates (subject to hydrolysis) is 1. The largest absolute Gasteiger partial charge is 0.481 e. The summed E-state index contributed by atoms with van der Waals surface area (Å²) in [5, 5.41) is 12.2. The van der Waals surface area contributed by atoms with Gasteiger partial charge in [0.1, 0.15) is 12.6 Å². The van der Waals surface area contributed by atoms with Crippen LogP contribution < -0.4 is 5.32 Å². The Bertz CT molecular complexity index is 1400. The average molecular weight is 570 g/mol. The Morgan fingerprint density at radius 1 is 0.929 bits per heavy atom. The van der Waals surface area contributed by atoms with Gasteiger partial charge in [-0.3, -0.25) is 14.5 Å². The lowest BCUT2D eigenvalue weighted by Crippen LogP contribution is -2.64. The van der Waals surface area contributed by atoms with Gasteiger partial charge in [-0.2, -0.15) is 0 Å². The summed E-state index contributed by atoms with van der Waals surface area (Å²) in [6, 6.07) is 24.7. The van der Waals surface area contributed by atoms with E-state index in [1.165, 1.54) is 5.56 Å². The fourth-order valence-electron chi connectivity index (χ4n) is 6.55. The third kappa shape index (κ3) is 5.89. The minimum absolute atomic E-state index is 0.0739. The molecule has 1 aliphatic carbocycles. The van der Waals surface area contributed by atoms with Crippen molar-refractivity contribution in [3.63, 3.8) is 0 Å². The molecule has 9 nitrogen and oxygen atoms in total. The van der Waals surface area contributed by atoms with Gasteiger partial charge in [-0.05, 0) is 34.2 Å². The molecule has 9 heteroatoms. The maximum atomic E-state index is 13.8. The van der Waals surface area contributed by atoms with Crippen LogP contribution in [0.1, 0.15) is 35.4 Å². The number of carbonyl (C=O) groups excluding carboxylic acids is 2. The standard InChI is InChI=1S/C33H35N3O6/c37-31(38)18-28(34-33(40)42-21-27-25-12-6-4-10-23(25)24-11-5-7-13-26(24)27)32(39)36-16-17-41-30-14-15-35(20-29(30)36)19-22-8-2-1-3-9-22/h1-13,27-30H,14-21H2,(H,34,40)(H,37,38). The number of hydrogen-bond acceptors (Lipinski definition) is 6. The summed E-state index contributed by atoms with van der Waals surface area (Å²) >= 11 is 0. The van der Waals surface area contributed by atoms with Crippen LogP contribution in [0.2, 0.25) is 0 Å². The predicted molar refractivity (Wildman–Crippen MR) is 156 cm³/mol. The zero-order chi connectivity index (χ0) is 29.1. The van der Waals surface area contributed by atoms with E-state index in [4.69, 9.17) is 9.47 Å². The molecule has 3 aromatic carbocycles. The highest BCUT2D eigenvalue weighted by Gasteiger charge is 2.42. The molecule has 6 rings (SSSR count). The molecule has 3 aromatic rings. The number of ether oxygens (including phenoxy) is 2. The average Bonchev–Trinajstić information content (AvgIpc) is 3.33. The molecule has 2 aliphatic heterocycles. The molecule has 218 valence electrons. The number of carboxylic acids is 1. The van der Waals surface area contributed by atoms with Crippen molar-refractivity contribution in [2.24, 2.45) is 0 Å². The first-order chi connectivity index (χ1) is 20.5. The Balaban J connectivity index is 1.12. The Kier molecular flexibility index (Phi) is 8.21. The molecule has 2 N–H and O–H groups in total. The normalized spacial score (nSPS) is 20.6. The summed E-state index contributed by atoms with van der Waals surface area (Å²) in [7, 11) is 0. The van der Waals surface area contributed by atoms with Crippen molar-refractivity contribution < 1.29 is 29.0 Å². The van der Waals surface area contributed by atoms with Crippen LogP contribution in [0.3, 0.4) is 0 Å². The van der Waals surface area contributed by atoms with Crippen molar-refractivity contribution in [1.29, 1.82) is 0 Å². The van der Waals surface area contributed by atoms with E-state index < -0.39 is 30.4 Å². The van der Waals surface area contributed by atoms with E-state index in [1.807, 2.05) is 54.6 Å². The molecule has 0 saturated carbocycles. The first-order valence-corrected chi connectivity index (χ1v) is 14.5. The van der Waals surface area contributed by atoms with E-state index in [1.54, 1.807) is 4.90 Å². The van der Waals surface area contributed by atoms with Gasteiger partial charge in [0.15, 0.2) is 0 Å². The molecule has 0 radical (unpaired) electrons. The quantitative estimate of drug-likeness (QED) is 0.424. The van der Waals surface area contributed by atoms with Gasteiger partial charge in [0.25, 0.3) is 0 Å². The summed E-state index contributed by atoms with van der Waals surface area (Å²) in [5.74, 6) is -1.74. The summed E-state index contributed by atoms with van der Waals surface area (Å²) in [4.78, 5) is 42.6. The highest BCUT2D eigenvalue weighted by molar-refractivity contribution is 5.89. The molecule has 42 heavy (non-hydrogen) atoms. The van der Waals surface area contributed by atoms with Crippen molar-refractivity contribution in [3.8, 4) is 11.1 Å². The smallest absolute Gasteiger partial charge is 0.407 e. The van der Waals surface area contributed by atoms with Gasteiger partial charge in [-0.1, -0.05) is 78.9 Å². The van der Waals surface area contributed by atoms with Crippen molar-refractivity contribution in [2.75, 3.05) is 32.8 Å². The van der Waals surface area contributed by atoms with E-state index in [0.29, 0.717) is 19.7 Å². The number of nitrogens with zero attached hydrogens (tertiary/aromatic N) is 2. The number of fused-ring (bicyclic) bond motifs is 4. The molecular weight excluding hydrogens is 534 g/mol. The number of nitrogens with one attached hydrogen (secondary N) is 1. The zero-order valence-corrected chi connectivity index (χ0v) is 23.4. The number of piperidine rings is 1. The Morgan fingerprint density at radius 3 is 2.29 bits per heavy atom. The van der Waals surface area contributed by atoms with E-state index in [0.717, 1.165) is 41.8 Å². The van der Waals surface area contributed by atoms with Crippen molar-refractivity contribution in [2.45, 2.75) is 43.5 Å². The molecule has 3 unspecified atom stereocenters. The monoisotopic (exact) mass is 569 g/mol. The van der Waals surface area contributed by atoms with E-state index >= 15 is 0 Å². The topological polar surface area (TPSA) is 108 Å². The van der Waals surface area contributed by atoms with E-state index in [-0.39, 0.29) is 24.7 Å². The number of amides is 2. The maximum Gasteiger partial charge on any atom is 0.407 e. The van der Waals surface area contributed by atoms with Crippen LogP contribution in [0.4, 0.5) is 4.79 Å². The number of benzene rings is 3. The Labute approximate surface area is 245 Å². The first kappa shape index (κ1) is 27.9. The van der Waals surface area contributed by atoms with Gasteiger partial charge in [0.05, 0.1) is 25.2 Å². The van der Waals surface area contributed by atoms with Gasteiger partial charge in [0, 0.05) is 32.1 Å². The summed E-state index contributed by atoms with van der Waals surface area (Å²) < 4.78 is 11.6. The second-order valence-electron chi connectivity index (χ2n) is 11.1. The number of rotatable bonds is 8. The lowest BCUT2D eigenvalue weighted by atomic mass is 9.97. The number of likely N-dealkylation sites (tertiary alicyclic amines) is 1. The van der Waals surface area contributed by atoms with E-state index in [2.05, 4.69) is 34.5 Å². The highest BCUT2D eigenvalue weighted by Crippen LogP contribution is 2.44. The molecule has 2 heterocycles. The third-order valence-electron chi connectivity index (χ3n) is 8.51. The molecule has 0 spiro atoms. The minimum Gasteiger partial charge on any atom is -0.481 e. The number of morpholine rings is 1. The van der Waals surface area contributed by atoms with E-state index in [9.17, 15) is 19.5 Å². The van der Waals surface area contributed by atoms with Gasteiger partial charge in [-0.15, -0.1) is 0 Å².